The molecule has 0 aliphatic carbocycles. The average Bonchev–Trinajstić information content (AvgIpc) is 2.84. The van der Waals surface area contributed by atoms with Crippen LogP contribution in [0.3, 0.4) is 0 Å². The van der Waals surface area contributed by atoms with Crippen molar-refractivity contribution in [2.75, 3.05) is 21.3 Å². The van der Waals surface area contributed by atoms with Crippen LogP contribution in [0.15, 0.2) is 66.7 Å². The highest BCUT2D eigenvalue weighted by atomic mass is 19.1. The van der Waals surface area contributed by atoms with Gasteiger partial charge in [0.1, 0.15) is 17.7 Å². The van der Waals surface area contributed by atoms with E-state index < -0.39 is 17.7 Å². The first kappa shape index (κ1) is 24.5. The molecule has 10 heteroatoms. The van der Waals surface area contributed by atoms with Gasteiger partial charge in [-0.05, 0) is 62.2 Å². The Bertz CT molecular complexity index is 1330. The zero-order chi connectivity index (χ0) is 25.7. The molecule has 1 amide bonds. The van der Waals surface area contributed by atoms with Crippen LogP contribution >= 0.6 is 0 Å². The summed E-state index contributed by atoms with van der Waals surface area (Å²) < 4.78 is 28.4. The quantitative estimate of drug-likeness (QED) is 0.252. The molecule has 1 unspecified atom stereocenters. The fraction of sp³-hybridized carbons (Fsp3) is 0.154. The lowest BCUT2D eigenvalue weighted by molar-refractivity contribution is -0.116. The summed E-state index contributed by atoms with van der Waals surface area (Å²) in [6.45, 7) is 5.49. The molecule has 4 aromatic rings. The SMILES string of the molecule is Cc1ccc(C)c(NC(=O)C(C)Nc2nc(Nc3ccccc3F)nc(Nc3ccccc3F)n2)c1. The van der Waals surface area contributed by atoms with E-state index in [0.29, 0.717) is 5.69 Å². The average molecular weight is 490 g/mol. The van der Waals surface area contributed by atoms with Crippen LogP contribution in [0.2, 0.25) is 0 Å². The molecule has 0 aliphatic rings. The molecule has 1 aromatic heterocycles. The van der Waals surface area contributed by atoms with E-state index in [-0.39, 0.29) is 35.1 Å². The first-order valence-corrected chi connectivity index (χ1v) is 11.2. The van der Waals surface area contributed by atoms with E-state index in [1.807, 2.05) is 32.0 Å². The third-order valence-corrected chi connectivity index (χ3v) is 5.27. The van der Waals surface area contributed by atoms with Gasteiger partial charge in [-0.25, -0.2) is 8.78 Å². The number of para-hydroxylation sites is 2. The predicted octanol–water partition coefficient (Wildman–Crippen LogP) is 5.69. The number of nitrogens with zero attached hydrogens (tertiary/aromatic N) is 3. The molecule has 8 nitrogen and oxygen atoms in total. The highest BCUT2D eigenvalue weighted by Crippen LogP contribution is 2.22. The maximum Gasteiger partial charge on any atom is 0.246 e. The molecular weight excluding hydrogens is 464 g/mol. The van der Waals surface area contributed by atoms with E-state index in [0.717, 1.165) is 11.1 Å². The third-order valence-electron chi connectivity index (χ3n) is 5.27. The number of amides is 1. The normalized spacial score (nSPS) is 11.5. The van der Waals surface area contributed by atoms with Gasteiger partial charge in [0.25, 0.3) is 0 Å². The molecule has 1 atom stereocenters. The summed E-state index contributed by atoms with van der Waals surface area (Å²) in [5.74, 6) is -1.28. The second-order valence-electron chi connectivity index (χ2n) is 8.19. The Balaban J connectivity index is 1.59. The highest BCUT2D eigenvalue weighted by molar-refractivity contribution is 5.96. The molecule has 1 heterocycles. The van der Waals surface area contributed by atoms with Crippen molar-refractivity contribution in [3.05, 3.63) is 89.5 Å². The van der Waals surface area contributed by atoms with Gasteiger partial charge in [0.05, 0.1) is 11.4 Å². The first-order chi connectivity index (χ1) is 17.3. The van der Waals surface area contributed by atoms with Crippen LogP contribution in [0.25, 0.3) is 0 Å². The number of rotatable bonds is 8. The fourth-order valence-corrected chi connectivity index (χ4v) is 3.29. The predicted molar refractivity (Wildman–Crippen MR) is 137 cm³/mol. The zero-order valence-corrected chi connectivity index (χ0v) is 19.9. The third kappa shape index (κ3) is 6.09. The lowest BCUT2D eigenvalue weighted by Gasteiger charge is -2.17. The highest BCUT2D eigenvalue weighted by Gasteiger charge is 2.17. The van der Waals surface area contributed by atoms with Crippen LogP contribution in [0.1, 0.15) is 18.1 Å². The maximum atomic E-state index is 14.2. The summed E-state index contributed by atoms with van der Waals surface area (Å²) in [4.78, 5) is 25.6. The first-order valence-electron chi connectivity index (χ1n) is 11.2. The molecule has 4 rings (SSSR count). The van der Waals surface area contributed by atoms with Gasteiger partial charge in [-0.15, -0.1) is 0 Å². The summed E-state index contributed by atoms with van der Waals surface area (Å²) in [6.07, 6.45) is 0. The number of aromatic nitrogens is 3. The summed E-state index contributed by atoms with van der Waals surface area (Å²) in [5, 5.41) is 11.4. The molecule has 0 radical (unpaired) electrons. The maximum absolute atomic E-state index is 14.2. The largest absolute Gasteiger partial charge is 0.342 e. The van der Waals surface area contributed by atoms with Gasteiger partial charge in [0.15, 0.2) is 0 Å². The summed E-state index contributed by atoms with van der Waals surface area (Å²) in [5.41, 5.74) is 2.93. The lowest BCUT2D eigenvalue weighted by Crippen LogP contribution is -2.33. The smallest absolute Gasteiger partial charge is 0.246 e. The molecule has 0 saturated heterocycles. The van der Waals surface area contributed by atoms with E-state index >= 15 is 0 Å². The summed E-state index contributed by atoms with van der Waals surface area (Å²) >= 11 is 0. The van der Waals surface area contributed by atoms with E-state index in [1.54, 1.807) is 31.2 Å². The van der Waals surface area contributed by atoms with Crippen molar-refractivity contribution in [2.45, 2.75) is 26.8 Å². The number of anilines is 6. The van der Waals surface area contributed by atoms with Gasteiger partial charge >= 0.3 is 0 Å². The van der Waals surface area contributed by atoms with Gasteiger partial charge in [0.2, 0.25) is 23.8 Å². The number of aryl methyl sites for hydroxylation is 2. The van der Waals surface area contributed by atoms with Crippen molar-refractivity contribution in [1.82, 2.24) is 15.0 Å². The Kier molecular flexibility index (Phi) is 7.33. The van der Waals surface area contributed by atoms with Crippen molar-refractivity contribution < 1.29 is 13.6 Å². The molecule has 184 valence electrons. The molecule has 0 spiro atoms. The Morgan fingerprint density at radius 3 is 1.83 bits per heavy atom. The van der Waals surface area contributed by atoms with Crippen LogP contribution in [-0.2, 0) is 4.79 Å². The van der Waals surface area contributed by atoms with Crippen molar-refractivity contribution in [2.24, 2.45) is 0 Å². The van der Waals surface area contributed by atoms with E-state index in [2.05, 4.69) is 36.2 Å². The van der Waals surface area contributed by atoms with Gasteiger partial charge in [0, 0.05) is 5.69 Å². The summed E-state index contributed by atoms with van der Waals surface area (Å²) in [6, 6.07) is 17.1. The molecule has 4 N–H and O–H groups in total. The van der Waals surface area contributed by atoms with Crippen molar-refractivity contribution in [3.63, 3.8) is 0 Å². The van der Waals surface area contributed by atoms with E-state index in [4.69, 9.17) is 0 Å². The molecule has 0 aliphatic heterocycles. The number of benzene rings is 3. The van der Waals surface area contributed by atoms with E-state index in [1.165, 1.54) is 24.3 Å². The fourth-order valence-electron chi connectivity index (χ4n) is 3.29. The monoisotopic (exact) mass is 489 g/mol. The van der Waals surface area contributed by atoms with Gasteiger partial charge in [-0.1, -0.05) is 36.4 Å². The molecule has 3 aromatic carbocycles. The van der Waals surface area contributed by atoms with Crippen LogP contribution in [-0.4, -0.2) is 26.9 Å². The second kappa shape index (κ2) is 10.8. The minimum absolute atomic E-state index is 0.00132. The summed E-state index contributed by atoms with van der Waals surface area (Å²) in [7, 11) is 0. The number of hydrogen-bond donors (Lipinski definition) is 4. The number of carbonyl (C=O) groups is 1. The van der Waals surface area contributed by atoms with Crippen molar-refractivity contribution in [1.29, 1.82) is 0 Å². The molecule has 0 saturated carbocycles. The molecular formula is C26H25F2N7O. The Morgan fingerprint density at radius 2 is 1.28 bits per heavy atom. The van der Waals surface area contributed by atoms with Crippen LogP contribution in [0.5, 0.6) is 0 Å². The van der Waals surface area contributed by atoms with Crippen molar-refractivity contribution >= 4 is 40.8 Å². The van der Waals surface area contributed by atoms with Crippen LogP contribution < -0.4 is 21.3 Å². The van der Waals surface area contributed by atoms with Crippen molar-refractivity contribution in [3.8, 4) is 0 Å². The molecule has 0 fully saturated rings. The topological polar surface area (TPSA) is 104 Å². The lowest BCUT2D eigenvalue weighted by atomic mass is 10.1. The molecule has 0 bridgehead atoms. The number of nitrogens with one attached hydrogen (secondary N) is 4. The Labute approximate surface area is 207 Å². The Morgan fingerprint density at radius 1 is 0.750 bits per heavy atom. The number of carbonyl (C=O) groups excluding carboxylic acids is 1. The van der Waals surface area contributed by atoms with Gasteiger partial charge < -0.3 is 21.3 Å². The molecule has 36 heavy (non-hydrogen) atoms. The second-order valence-corrected chi connectivity index (χ2v) is 8.19. The number of hydrogen-bond acceptors (Lipinski definition) is 7. The minimum atomic E-state index is -0.741. The van der Waals surface area contributed by atoms with E-state index in [9.17, 15) is 13.6 Å². The minimum Gasteiger partial charge on any atom is -0.342 e. The van der Waals surface area contributed by atoms with Crippen LogP contribution in [0, 0.1) is 25.5 Å². The van der Waals surface area contributed by atoms with Gasteiger partial charge in [-0.3, -0.25) is 4.79 Å². The zero-order valence-electron chi connectivity index (χ0n) is 19.9. The van der Waals surface area contributed by atoms with Gasteiger partial charge in [-0.2, -0.15) is 15.0 Å². The standard InChI is InChI=1S/C26H25F2N7O/c1-15-12-13-16(2)22(14-15)30-23(36)17(3)29-24-33-25(31-20-10-6-4-8-18(20)27)35-26(34-24)32-21-11-7-5-9-19(21)28/h4-14,17H,1-3H3,(H,30,36)(H3,29,31,32,33,34,35). The number of halogens is 2. The Hall–Kier alpha value is -4.60. The van der Waals surface area contributed by atoms with Crippen LogP contribution in [0.4, 0.5) is 43.7 Å².